The highest BCUT2D eigenvalue weighted by Gasteiger charge is 2.04. The summed E-state index contributed by atoms with van der Waals surface area (Å²) in [6, 6.07) is 15.2. The molecular formula is C17H21ClIN3O. The van der Waals surface area contributed by atoms with Gasteiger partial charge in [0.25, 0.3) is 0 Å². The first-order valence-corrected chi connectivity index (χ1v) is 7.46. The first kappa shape index (κ1) is 19.6. The van der Waals surface area contributed by atoms with Crippen LogP contribution in [0.4, 0.5) is 5.69 Å². The van der Waals surface area contributed by atoms with Crippen molar-refractivity contribution in [3.05, 3.63) is 59.1 Å². The van der Waals surface area contributed by atoms with Gasteiger partial charge in [-0.25, -0.2) is 4.99 Å². The van der Waals surface area contributed by atoms with Gasteiger partial charge in [0.1, 0.15) is 11.9 Å². The number of anilines is 1. The van der Waals surface area contributed by atoms with E-state index in [1.165, 1.54) is 5.56 Å². The van der Waals surface area contributed by atoms with Crippen molar-refractivity contribution in [2.45, 2.75) is 20.0 Å². The minimum absolute atomic E-state index is 0. The second-order valence-corrected chi connectivity index (χ2v) is 5.54. The van der Waals surface area contributed by atoms with Gasteiger partial charge in [0, 0.05) is 10.7 Å². The largest absolute Gasteiger partial charge is 0.489 e. The maximum atomic E-state index is 5.92. The molecule has 0 saturated heterocycles. The fraction of sp³-hybridized carbons (Fsp3) is 0.235. The van der Waals surface area contributed by atoms with Crippen LogP contribution in [-0.4, -0.2) is 18.6 Å². The summed E-state index contributed by atoms with van der Waals surface area (Å²) < 4.78 is 5.74. The van der Waals surface area contributed by atoms with Gasteiger partial charge < -0.3 is 15.8 Å². The van der Waals surface area contributed by atoms with Crippen molar-refractivity contribution >= 4 is 47.2 Å². The number of rotatable bonds is 5. The number of nitrogens with zero attached hydrogens (tertiary/aromatic N) is 1. The van der Waals surface area contributed by atoms with Crippen LogP contribution in [-0.2, 0) is 0 Å². The van der Waals surface area contributed by atoms with E-state index in [0.29, 0.717) is 17.5 Å². The fourth-order valence-electron chi connectivity index (χ4n) is 1.86. The monoisotopic (exact) mass is 445 g/mol. The lowest BCUT2D eigenvalue weighted by molar-refractivity contribution is 0.230. The van der Waals surface area contributed by atoms with E-state index in [9.17, 15) is 0 Å². The highest BCUT2D eigenvalue weighted by atomic mass is 127. The molecule has 0 spiro atoms. The van der Waals surface area contributed by atoms with E-state index in [-0.39, 0.29) is 30.1 Å². The predicted octanol–water partition coefficient (Wildman–Crippen LogP) is 4.46. The van der Waals surface area contributed by atoms with Crippen LogP contribution in [0.2, 0.25) is 5.02 Å². The Hall–Kier alpha value is -1.47. The zero-order valence-electron chi connectivity index (χ0n) is 13.1. The maximum Gasteiger partial charge on any atom is 0.193 e. The van der Waals surface area contributed by atoms with E-state index >= 15 is 0 Å². The van der Waals surface area contributed by atoms with E-state index in [0.717, 1.165) is 11.4 Å². The smallest absolute Gasteiger partial charge is 0.193 e. The van der Waals surface area contributed by atoms with Crippen LogP contribution in [0.15, 0.2) is 53.5 Å². The predicted molar refractivity (Wildman–Crippen MR) is 108 cm³/mol. The van der Waals surface area contributed by atoms with Gasteiger partial charge in [-0.05, 0) is 44.2 Å². The van der Waals surface area contributed by atoms with Gasteiger partial charge in [-0.15, -0.1) is 24.0 Å². The number of hydrogen-bond acceptors (Lipinski definition) is 2. The van der Waals surface area contributed by atoms with Gasteiger partial charge in [0.15, 0.2) is 5.96 Å². The molecule has 6 heteroatoms. The van der Waals surface area contributed by atoms with Gasteiger partial charge in [0.05, 0.1) is 6.54 Å². The zero-order chi connectivity index (χ0) is 15.9. The molecule has 0 aliphatic heterocycles. The third kappa shape index (κ3) is 7.09. The van der Waals surface area contributed by atoms with Crippen molar-refractivity contribution < 1.29 is 4.74 Å². The zero-order valence-corrected chi connectivity index (χ0v) is 16.2. The van der Waals surface area contributed by atoms with Crippen molar-refractivity contribution in [1.82, 2.24) is 0 Å². The van der Waals surface area contributed by atoms with E-state index in [2.05, 4.69) is 10.3 Å². The summed E-state index contributed by atoms with van der Waals surface area (Å²) >= 11 is 5.92. The van der Waals surface area contributed by atoms with Gasteiger partial charge in [0.2, 0.25) is 0 Å². The number of nitrogens with two attached hydrogens (primary N) is 1. The number of hydrogen-bond donors (Lipinski definition) is 2. The molecule has 1 unspecified atom stereocenters. The number of nitrogens with one attached hydrogen (secondary N) is 1. The Kier molecular flexibility index (Phi) is 8.19. The molecule has 0 radical (unpaired) electrons. The molecule has 0 aromatic heterocycles. The van der Waals surface area contributed by atoms with Crippen LogP contribution in [0.3, 0.4) is 0 Å². The fourth-order valence-corrected chi connectivity index (χ4v) is 2.04. The summed E-state index contributed by atoms with van der Waals surface area (Å²) in [6.45, 7) is 4.43. The SMILES string of the molecule is Cc1ccc(NC(N)=NCC(C)Oc2cccc(Cl)c2)cc1.I. The molecule has 0 aliphatic carbocycles. The second kappa shape index (κ2) is 9.62. The Balaban J connectivity index is 0.00000264. The number of halogens is 2. The van der Waals surface area contributed by atoms with E-state index < -0.39 is 0 Å². The molecule has 2 aromatic rings. The van der Waals surface area contributed by atoms with Crippen molar-refractivity contribution in [3.8, 4) is 5.75 Å². The Morgan fingerprint density at radius 1 is 1.26 bits per heavy atom. The number of benzene rings is 2. The molecule has 0 bridgehead atoms. The Morgan fingerprint density at radius 3 is 2.61 bits per heavy atom. The van der Waals surface area contributed by atoms with Crippen molar-refractivity contribution in [2.24, 2.45) is 10.7 Å². The Morgan fingerprint density at radius 2 is 1.96 bits per heavy atom. The molecule has 2 rings (SSSR count). The lowest BCUT2D eigenvalue weighted by Crippen LogP contribution is -2.25. The average molecular weight is 446 g/mol. The summed E-state index contributed by atoms with van der Waals surface area (Å²) in [5.74, 6) is 1.09. The van der Waals surface area contributed by atoms with Crippen LogP contribution in [0, 0.1) is 6.92 Å². The van der Waals surface area contributed by atoms with Crippen molar-refractivity contribution in [2.75, 3.05) is 11.9 Å². The standard InChI is InChI=1S/C17H20ClN3O.HI/c1-12-6-8-15(9-7-12)21-17(19)20-11-13(2)22-16-5-3-4-14(18)10-16;/h3-10,13H,11H2,1-2H3,(H3,19,20,21);1H. The van der Waals surface area contributed by atoms with Gasteiger partial charge >= 0.3 is 0 Å². The van der Waals surface area contributed by atoms with Gasteiger partial charge in [-0.2, -0.15) is 0 Å². The van der Waals surface area contributed by atoms with Crippen molar-refractivity contribution in [3.63, 3.8) is 0 Å². The van der Waals surface area contributed by atoms with Crippen LogP contribution >= 0.6 is 35.6 Å². The topological polar surface area (TPSA) is 59.6 Å². The minimum Gasteiger partial charge on any atom is -0.489 e. The molecule has 0 heterocycles. The van der Waals surface area contributed by atoms with Gasteiger partial charge in [-0.3, -0.25) is 0 Å². The average Bonchev–Trinajstić information content (AvgIpc) is 2.48. The number of aryl methyl sites for hydroxylation is 1. The van der Waals surface area contributed by atoms with E-state index in [1.54, 1.807) is 12.1 Å². The number of guanidine groups is 1. The summed E-state index contributed by atoms with van der Waals surface area (Å²) in [6.07, 6.45) is -0.100. The van der Waals surface area contributed by atoms with E-state index in [1.807, 2.05) is 50.2 Å². The van der Waals surface area contributed by atoms with Gasteiger partial charge in [-0.1, -0.05) is 35.4 Å². The normalized spacial score (nSPS) is 12.2. The van der Waals surface area contributed by atoms with E-state index in [4.69, 9.17) is 22.1 Å². The lowest BCUT2D eigenvalue weighted by Gasteiger charge is -2.13. The summed E-state index contributed by atoms with van der Waals surface area (Å²) in [4.78, 5) is 4.29. The molecular weight excluding hydrogens is 425 g/mol. The molecule has 0 aliphatic rings. The highest BCUT2D eigenvalue weighted by molar-refractivity contribution is 14.0. The summed E-state index contributed by atoms with van der Waals surface area (Å²) in [7, 11) is 0. The van der Waals surface area contributed by atoms with Crippen LogP contribution in [0.1, 0.15) is 12.5 Å². The highest BCUT2D eigenvalue weighted by Crippen LogP contribution is 2.18. The first-order chi connectivity index (χ1) is 10.5. The van der Waals surface area contributed by atoms with Crippen molar-refractivity contribution in [1.29, 1.82) is 0 Å². The number of aliphatic imine (C=N–C) groups is 1. The van der Waals surface area contributed by atoms with Crippen LogP contribution in [0.25, 0.3) is 0 Å². The molecule has 124 valence electrons. The Bertz CT molecular complexity index is 647. The van der Waals surface area contributed by atoms with Crippen LogP contribution < -0.4 is 15.8 Å². The quantitative estimate of drug-likeness (QED) is 0.406. The Labute approximate surface area is 159 Å². The molecule has 4 nitrogen and oxygen atoms in total. The minimum atomic E-state index is -0.100. The molecule has 0 amide bonds. The first-order valence-electron chi connectivity index (χ1n) is 7.09. The third-order valence-corrected chi connectivity index (χ3v) is 3.21. The lowest BCUT2D eigenvalue weighted by atomic mass is 10.2. The third-order valence-electron chi connectivity index (χ3n) is 2.98. The summed E-state index contributed by atoms with van der Waals surface area (Å²) in [5.41, 5.74) is 7.98. The second-order valence-electron chi connectivity index (χ2n) is 5.10. The summed E-state index contributed by atoms with van der Waals surface area (Å²) in [5, 5.41) is 3.70. The molecule has 2 aromatic carbocycles. The maximum absolute atomic E-state index is 5.92. The molecule has 23 heavy (non-hydrogen) atoms. The molecule has 3 N–H and O–H groups in total. The molecule has 1 atom stereocenters. The molecule has 0 saturated carbocycles. The molecule has 0 fully saturated rings. The van der Waals surface area contributed by atoms with Crippen LogP contribution in [0.5, 0.6) is 5.75 Å². The number of ether oxygens (including phenoxy) is 1.